The van der Waals surface area contributed by atoms with Gasteiger partial charge < -0.3 is 4.74 Å². The molecule has 0 saturated carbocycles. The molecule has 3 nitrogen and oxygen atoms in total. The fraction of sp³-hybridized carbons (Fsp3) is 0.357. The Balaban J connectivity index is 2.36. The van der Waals surface area contributed by atoms with E-state index in [-0.39, 0.29) is 5.41 Å². The SMILES string of the molecule is [CH]C1=[N+](CCOC=O)c2ccccc2C1(C)C. The van der Waals surface area contributed by atoms with Crippen LogP contribution in [-0.4, -0.2) is 29.9 Å². The molecule has 2 radical (unpaired) electrons. The molecule has 0 aliphatic carbocycles. The summed E-state index contributed by atoms with van der Waals surface area (Å²) in [4.78, 5) is 10.2. The lowest BCUT2D eigenvalue weighted by atomic mass is 9.82. The Morgan fingerprint density at radius 1 is 1.41 bits per heavy atom. The smallest absolute Gasteiger partial charge is 0.293 e. The van der Waals surface area contributed by atoms with Crippen molar-refractivity contribution < 1.29 is 14.1 Å². The maximum Gasteiger partial charge on any atom is 0.293 e. The summed E-state index contributed by atoms with van der Waals surface area (Å²) in [5.74, 6) is 0. The van der Waals surface area contributed by atoms with Gasteiger partial charge in [0.05, 0.1) is 12.3 Å². The first-order valence-electron chi connectivity index (χ1n) is 5.64. The molecular formula is C14H16NO2+. The summed E-state index contributed by atoms with van der Waals surface area (Å²) in [6, 6.07) is 8.13. The molecule has 17 heavy (non-hydrogen) atoms. The van der Waals surface area contributed by atoms with Crippen LogP contribution < -0.4 is 0 Å². The molecule has 1 aromatic rings. The monoisotopic (exact) mass is 230 g/mol. The number of carbonyl (C=O) groups is 1. The summed E-state index contributed by atoms with van der Waals surface area (Å²) in [5.41, 5.74) is 2.94. The predicted molar refractivity (Wildman–Crippen MR) is 65.6 cm³/mol. The Morgan fingerprint density at radius 2 is 2.12 bits per heavy atom. The minimum Gasteiger partial charge on any atom is -0.461 e. The molecular weight excluding hydrogens is 214 g/mol. The lowest BCUT2D eigenvalue weighted by molar-refractivity contribution is -0.440. The molecule has 0 spiro atoms. The number of fused-ring (bicyclic) bond motifs is 1. The molecule has 0 fully saturated rings. The van der Waals surface area contributed by atoms with Gasteiger partial charge >= 0.3 is 0 Å². The third-order valence-electron chi connectivity index (χ3n) is 3.30. The van der Waals surface area contributed by atoms with Crippen LogP contribution in [0.2, 0.25) is 0 Å². The van der Waals surface area contributed by atoms with Crippen LogP contribution in [0.15, 0.2) is 24.3 Å². The van der Waals surface area contributed by atoms with Crippen LogP contribution in [0.5, 0.6) is 0 Å². The summed E-state index contributed by atoms with van der Waals surface area (Å²) < 4.78 is 6.75. The minimum atomic E-state index is -0.169. The Kier molecular flexibility index (Phi) is 3.01. The van der Waals surface area contributed by atoms with Crippen LogP contribution in [0, 0.1) is 6.92 Å². The van der Waals surface area contributed by atoms with E-state index in [1.54, 1.807) is 0 Å². The van der Waals surface area contributed by atoms with Gasteiger partial charge in [0.2, 0.25) is 5.69 Å². The number of nitrogens with zero attached hydrogens (tertiary/aromatic N) is 1. The van der Waals surface area contributed by atoms with Gasteiger partial charge in [-0.3, -0.25) is 4.79 Å². The first-order chi connectivity index (χ1) is 8.09. The fourth-order valence-corrected chi connectivity index (χ4v) is 2.28. The number of carbonyl (C=O) groups excluding carboxylic acids is 1. The molecule has 0 bridgehead atoms. The van der Waals surface area contributed by atoms with Crippen molar-refractivity contribution in [2.24, 2.45) is 0 Å². The first-order valence-corrected chi connectivity index (χ1v) is 5.64. The molecule has 0 aromatic heterocycles. The van der Waals surface area contributed by atoms with E-state index in [0.717, 1.165) is 11.4 Å². The predicted octanol–water partition coefficient (Wildman–Crippen LogP) is 1.95. The molecule has 1 heterocycles. The van der Waals surface area contributed by atoms with E-state index in [1.165, 1.54) is 5.56 Å². The Morgan fingerprint density at radius 3 is 2.82 bits per heavy atom. The normalized spacial score (nSPS) is 16.9. The van der Waals surface area contributed by atoms with Crippen LogP contribution in [0.25, 0.3) is 0 Å². The molecule has 1 aromatic carbocycles. The van der Waals surface area contributed by atoms with E-state index in [0.29, 0.717) is 19.6 Å². The van der Waals surface area contributed by atoms with E-state index < -0.39 is 0 Å². The molecule has 0 saturated heterocycles. The van der Waals surface area contributed by atoms with Crippen LogP contribution in [0.1, 0.15) is 19.4 Å². The van der Waals surface area contributed by atoms with Crippen LogP contribution in [0.3, 0.4) is 0 Å². The molecule has 1 aliphatic rings. The summed E-state index contributed by atoms with van der Waals surface area (Å²) in [6.07, 6.45) is 0. The minimum absolute atomic E-state index is 0.169. The average Bonchev–Trinajstić information content (AvgIpc) is 2.51. The van der Waals surface area contributed by atoms with E-state index in [2.05, 4.69) is 19.9 Å². The van der Waals surface area contributed by atoms with Gasteiger partial charge in [-0.05, 0) is 13.8 Å². The number of ether oxygens (including phenoxy) is 1. The van der Waals surface area contributed by atoms with Crippen molar-refractivity contribution >= 4 is 17.9 Å². The molecule has 88 valence electrons. The average molecular weight is 230 g/mol. The number of para-hydroxylation sites is 1. The zero-order valence-corrected chi connectivity index (χ0v) is 10.1. The van der Waals surface area contributed by atoms with Crippen LogP contribution in [0.4, 0.5) is 5.69 Å². The van der Waals surface area contributed by atoms with Gasteiger partial charge in [-0.15, -0.1) is 0 Å². The second kappa shape index (κ2) is 4.32. The van der Waals surface area contributed by atoms with Gasteiger partial charge in [-0.25, -0.2) is 0 Å². The van der Waals surface area contributed by atoms with E-state index in [1.807, 2.05) is 22.8 Å². The second-order valence-corrected chi connectivity index (χ2v) is 4.65. The third kappa shape index (κ3) is 1.86. The molecule has 0 unspecified atom stereocenters. The van der Waals surface area contributed by atoms with Crippen molar-refractivity contribution in [3.8, 4) is 0 Å². The summed E-state index contributed by atoms with van der Waals surface area (Å²) in [7, 11) is 0. The van der Waals surface area contributed by atoms with Gasteiger partial charge in [0, 0.05) is 11.6 Å². The summed E-state index contributed by atoms with van der Waals surface area (Å²) in [5, 5.41) is 0. The topological polar surface area (TPSA) is 29.3 Å². The fourth-order valence-electron chi connectivity index (χ4n) is 2.28. The first kappa shape index (κ1) is 11.8. The zero-order valence-electron chi connectivity index (χ0n) is 10.1. The molecule has 0 N–H and O–H groups in total. The summed E-state index contributed by atoms with van der Waals surface area (Å²) in [6.45, 7) is 11.8. The zero-order chi connectivity index (χ0) is 12.5. The number of hydrogen-bond donors (Lipinski definition) is 0. The van der Waals surface area contributed by atoms with Crippen molar-refractivity contribution in [3.63, 3.8) is 0 Å². The molecule has 0 atom stereocenters. The van der Waals surface area contributed by atoms with Gasteiger partial charge in [0.25, 0.3) is 6.47 Å². The van der Waals surface area contributed by atoms with Crippen molar-refractivity contribution in [1.29, 1.82) is 0 Å². The van der Waals surface area contributed by atoms with Gasteiger partial charge in [-0.2, -0.15) is 4.58 Å². The van der Waals surface area contributed by atoms with Gasteiger partial charge in [0.15, 0.2) is 12.3 Å². The van der Waals surface area contributed by atoms with E-state index >= 15 is 0 Å². The lowest BCUT2D eigenvalue weighted by Gasteiger charge is -2.14. The quantitative estimate of drug-likeness (QED) is 0.449. The molecule has 2 rings (SSSR count). The summed E-state index contributed by atoms with van der Waals surface area (Å²) >= 11 is 0. The second-order valence-electron chi connectivity index (χ2n) is 4.65. The highest BCUT2D eigenvalue weighted by molar-refractivity contribution is 5.98. The van der Waals surface area contributed by atoms with E-state index in [4.69, 9.17) is 11.7 Å². The van der Waals surface area contributed by atoms with Gasteiger partial charge in [0.1, 0.15) is 6.61 Å². The molecule has 0 amide bonds. The van der Waals surface area contributed by atoms with Crippen molar-refractivity contribution in [1.82, 2.24) is 0 Å². The molecule has 1 aliphatic heterocycles. The lowest BCUT2D eigenvalue weighted by Crippen LogP contribution is -2.27. The number of rotatable bonds is 4. The van der Waals surface area contributed by atoms with Crippen molar-refractivity contribution in [2.45, 2.75) is 19.3 Å². The van der Waals surface area contributed by atoms with Crippen LogP contribution in [-0.2, 0) is 14.9 Å². The van der Waals surface area contributed by atoms with Crippen molar-refractivity contribution in [3.05, 3.63) is 36.8 Å². The Labute approximate surface area is 102 Å². The standard InChI is InChI=1S/C14H16NO2/c1-11-14(2,3)12-6-4-5-7-13(12)15(11)8-9-17-10-16/h1,4-7,10H,8-9H2,2-3H3/q+1. The van der Waals surface area contributed by atoms with Crippen LogP contribution >= 0.6 is 0 Å². The number of benzene rings is 1. The maximum atomic E-state index is 10.2. The van der Waals surface area contributed by atoms with Crippen molar-refractivity contribution in [2.75, 3.05) is 13.2 Å². The highest BCUT2D eigenvalue weighted by atomic mass is 16.5. The van der Waals surface area contributed by atoms with E-state index in [9.17, 15) is 4.79 Å². The van der Waals surface area contributed by atoms with Gasteiger partial charge in [-0.1, -0.05) is 18.2 Å². The highest BCUT2D eigenvalue weighted by Crippen LogP contribution is 2.38. The third-order valence-corrected chi connectivity index (χ3v) is 3.30. The highest BCUT2D eigenvalue weighted by Gasteiger charge is 2.42. The Bertz CT molecular complexity index is 475. The molecule has 3 heteroatoms. The largest absolute Gasteiger partial charge is 0.461 e. The Hall–Kier alpha value is -1.64. The number of hydrogen-bond acceptors (Lipinski definition) is 2. The maximum absolute atomic E-state index is 10.2.